The number of aromatic amines is 1. The van der Waals surface area contributed by atoms with E-state index in [0.29, 0.717) is 0 Å². The number of hydrogen-bond acceptors (Lipinski definition) is 1. The average molecular weight is 288 g/mol. The van der Waals surface area contributed by atoms with E-state index >= 15 is 0 Å². The molecule has 4 aliphatic carbocycles. The zero-order valence-corrected chi connectivity index (χ0v) is 12.7. The van der Waals surface area contributed by atoms with Gasteiger partial charge in [0.15, 0.2) is 0 Å². The molecule has 0 radical (unpaired) electrons. The van der Waals surface area contributed by atoms with Crippen molar-refractivity contribution in [3.63, 3.8) is 0 Å². The molecule has 3 aromatic rings. The van der Waals surface area contributed by atoms with Crippen molar-refractivity contribution in [3.8, 4) is 0 Å². The van der Waals surface area contributed by atoms with Crippen LogP contribution in [0.25, 0.3) is 21.9 Å². The van der Waals surface area contributed by atoms with Gasteiger partial charge in [0.1, 0.15) is 5.65 Å². The van der Waals surface area contributed by atoms with E-state index in [1.165, 1.54) is 48.4 Å². The van der Waals surface area contributed by atoms with Crippen molar-refractivity contribution >= 4 is 21.9 Å². The van der Waals surface area contributed by atoms with E-state index in [9.17, 15) is 0 Å². The van der Waals surface area contributed by atoms with E-state index in [0.717, 1.165) is 29.3 Å². The monoisotopic (exact) mass is 288 g/mol. The van der Waals surface area contributed by atoms with Gasteiger partial charge in [0.05, 0.1) is 0 Å². The Morgan fingerprint density at radius 2 is 1.68 bits per heavy atom. The van der Waals surface area contributed by atoms with E-state index < -0.39 is 0 Å². The Kier molecular flexibility index (Phi) is 2.09. The first-order valence-electron chi connectivity index (χ1n) is 8.76. The van der Waals surface area contributed by atoms with Crippen molar-refractivity contribution in [3.05, 3.63) is 41.6 Å². The molecule has 7 rings (SSSR count). The Labute approximate surface area is 129 Å². The maximum atomic E-state index is 4.82. The van der Waals surface area contributed by atoms with Gasteiger partial charge in [0.25, 0.3) is 0 Å². The number of para-hydroxylation sites is 1. The number of nitrogens with one attached hydrogen (secondary N) is 1. The van der Waals surface area contributed by atoms with Crippen LogP contribution < -0.4 is 0 Å². The van der Waals surface area contributed by atoms with Gasteiger partial charge in [-0.3, -0.25) is 0 Å². The van der Waals surface area contributed by atoms with Gasteiger partial charge in [-0.25, -0.2) is 4.98 Å². The number of aromatic nitrogens is 2. The summed E-state index contributed by atoms with van der Waals surface area (Å²) in [5.74, 6) is 3.48. The molecule has 2 aromatic heterocycles. The largest absolute Gasteiger partial charge is 0.339 e. The lowest BCUT2D eigenvalue weighted by atomic mass is 9.67. The summed E-state index contributed by atoms with van der Waals surface area (Å²) in [5, 5.41) is 2.81. The van der Waals surface area contributed by atoms with E-state index in [1.807, 2.05) is 0 Å². The van der Waals surface area contributed by atoms with Gasteiger partial charge in [-0.05, 0) is 73.0 Å². The summed E-state index contributed by atoms with van der Waals surface area (Å²) in [5.41, 5.74) is 5.59. The highest BCUT2D eigenvalue weighted by atomic mass is 14.9. The van der Waals surface area contributed by atoms with E-state index in [4.69, 9.17) is 4.98 Å². The molecule has 22 heavy (non-hydrogen) atoms. The van der Waals surface area contributed by atoms with Crippen LogP contribution in [-0.2, 0) is 0 Å². The Balaban J connectivity index is 1.75. The van der Waals surface area contributed by atoms with Crippen molar-refractivity contribution in [1.29, 1.82) is 0 Å². The number of hydrogen-bond donors (Lipinski definition) is 1. The van der Waals surface area contributed by atoms with Crippen molar-refractivity contribution in [1.82, 2.24) is 9.97 Å². The van der Waals surface area contributed by atoms with Gasteiger partial charge in [0, 0.05) is 22.5 Å². The second-order valence-electron chi connectivity index (χ2n) is 7.83. The molecule has 2 fully saturated rings. The Morgan fingerprint density at radius 3 is 2.55 bits per heavy atom. The predicted molar refractivity (Wildman–Crippen MR) is 89.1 cm³/mol. The quantitative estimate of drug-likeness (QED) is 0.612. The fourth-order valence-corrected chi connectivity index (χ4v) is 5.95. The number of fused-ring (bicyclic) bond motifs is 3. The van der Waals surface area contributed by atoms with E-state index in [2.05, 4.69) is 35.4 Å². The molecule has 4 bridgehead atoms. The SMILES string of the molecule is c1ccc2c(c1)[nH]c1ncc3c(c12)C1CC2CC(CC3C2)C1. The van der Waals surface area contributed by atoms with Crippen molar-refractivity contribution in [2.24, 2.45) is 11.8 Å². The van der Waals surface area contributed by atoms with Crippen LogP contribution >= 0.6 is 0 Å². The normalized spacial score (nSPS) is 32.5. The summed E-state index contributed by atoms with van der Waals surface area (Å²) in [4.78, 5) is 8.36. The summed E-state index contributed by atoms with van der Waals surface area (Å²) < 4.78 is 0. The van der Waals surface area contributed by atoms with E-state index in [-0.39, 0.29) is 0 Å². The number of H-pyrrole nitrogens is 1. The molecule has 0 aliphatic heterocycles. The zero-order valence-electron chi connectivity index (χ0n) is 12.7. The first kappa shape index (κ1) is 11.7. The first-order chi connectivity index (χ1) is 10.9. The summed E-state index contributed by atoms with van der Waals surface area (Å²) in [6.45, 7) is 0. The lowest BCUT2D eigenvalue weighted by molar-refractivity contribution is 0.166. The maximum Gasteiger partial charge on any atom is 0.138 e. The molecule has 4 aliphatic rings. The highest BCUT2D eigenvalue weighted by Gasteiger charge is 2.43. The van der Waals surface area contributed by atoms with Crippen LogP contribution in [0.1, 0.15) is 55.1 Å². The lowest BCUT2D eigenvalue weighted by Crippen LogP contribution is -2.25. The number of nitrogens with zero attached hydrogens (tertiary/aromatic N) is 1. The van der Waals surface area contributed by atoms with E-state index in [1.54, 1.807) is 11.1 Å². The Morgan fingerprint density at radius 1 is 0.909 bits per heavy atom. The summed E-state index contributed by atoms with van der Waals surface area (Å²) >= 11 is 0. The molecule has 2 atom stereocenters. The van der Waals surface area contributed by atoms with Crippen LogP contribution in [0.5, 0.6) is 0 Å². The van der Waals surface area contributed by atoms with Gasteiger partial charge in [-0.1, -0.05) is 18.2 Å². The molecule has 2 heterocycles. The third-order valence-corrected chi connectivity index (χ3v) is 6.59. The molecular formula is C20H20N2. The maximum absolute atomic E-state index is 4.82. The molecule has 2 nitrogen and oxygen atoms in total. The van der Waals surface area contributed by atoms with Gasteiger partial charge >= 0.3 is 0 Å². The highest BCUT2D eigenvalue weighted by Crippen LogP contribution is 2.57. The fourth-order valence-electron chi connectivity index (χ4n) is 5.95. The molecular weight excluding hydrogens is 268 g/mol. The smallest absolute Gasteiger partial charge is 0.138 e. The van der Waals surface area contributed by atoms with Gasteiger partial charge in [-0.15, -0.1) is 0 Å². The Bertz CT molecular complexity index is 893. The summed E-state index contributed by atoms with van der Waals surface area (Å²) in [7, 11) is 0. The molecule has 1 aromatic carbocycles. The van der Waals surface area contributed by atoms with Crippen LogP contribution in [0.3, 0.4) is 0 Å². The second-order valence-corrected chi connectivity index (χ2v) is 7.83. The molecule has 1 N–H and O–H groups in total. The molecule has 2 saturated carbocycles. The van der Waals surface area contributed by atoms with Crippen LogP contribution in [0.2, 0.25) is 0 Å². The second kappa shape index (κ2) is 3.92. The zero-order chi connectivity index (χ0) is 14.3. The van der Waals surface area contributed by atoms with Crippen molar-refractivity contribution < 1.29 is 0 Å². The number of pyridine rings is 1. The lowest BCUT2D eigenvalue weighted by Gasteiger charge is -2.38. The van der Waals surface area contributed by atoms with Crippen LogP contribution in [0, 0.1) is 11.8 Å². The standard InChI is InChI=1S/C20H20N2/c1-2-4-17-15(3-1)19-18-14-8-11-5-12(9-14)7-13(6-11)16(18)10-21-20(19)22-17/h1-4,10-14H,5-9H2,(H,21,22). The summed E-state index contributed by atoms with van der Waals surface area (Å²) in [6, 6.07) is 8.73. The van der Waals surface area contributed by atoms with Gasteiger partial charge < -0.3 is 4.98 Å². The molecule has 2 unspecified atom stereocenters. The molecule has 0 spiro atoms. The minimum Gasteiger partial charge on any atom is -0.339 e. The van der Waals surface area contributed by atoms with Crippen LogP contribution in [-0.4, -0.2) is 9.97 Å². The van der Waals surface area contributed by atoms with Crippen molar-refractivity contribution in [2.75, 3.05) is 0 Å². The average Bonchev–Trinajstić information content (AvgIpc) is 2.82. The van der Waals surface area contributed by atoms with Crippen LogP contribution in [0.15, 0.2) is 30.5 Å². The predicted octanol–water partition coefficient (Wildman–Crippen LogP) is 5.11. The van der Waals surface area contributed by atoms with Crippen LogP contribution in [0.4, 0.5) is 0 Å². The van der Waals surface area contributed by atoms with Gasteiger partial charge in [-0.2, -0.15) is 0 Å². The third kappa shape index (κ3) is 1.39. The first-order valence-corrected chi connectivity index (χ1v) is 8.76. The number of rotatable bonds is 0. The number of benzene rings is 1. The van der Waals surface area contributed by atoms with Crippen molar-refractivity contribution in [2.45, 2.75) is 43.9 Å². The fraction of sp³-hybridized carbons (Fsp3) is 0.450. The summed E-state index contributed by atoms with van der Waals surface area (Å²) in [6.07, 6.45) is 9.36. The minimum atomic E-state index is 0.774. The van der Waals surface area contributed by atoms with Gasteiger partial charge in [0.2, 0.25) is 0 Å². The molecule has 2 heteroatoms. The molecule has 0 amide bonds. The molecule has 0 saturated heterocycles. The Hall–Kier alpha value is -1.83. The minimum absolute atomic E-state index is 0.774. The third-order valence-electron chi connectivity index (χ3n) is 6.59. The highest BCUT2D eigenvalue weighted by molar-refractivity contribution is 6.08. The topological polar surface area (TPSA) is 28.7 Å². The molecule has 110 valence electrons.